The molecule has 0 atom stereocenters. The van der Waals surface area contributed by atoms with E-state index in [1.165, 1.54) is 205 Å². The smallest absolute Gasteiger partial charge is 0.343 e. The number of nitrogens with zero attached hydrogens (tertiary/aromatic N) is 2. The van der Waals surface area contributed by atoms with E-state index < -0.39 is 11.9 Å². The second-order valence-corrected chi connectivity index (χ2v) is 21.8. The van der Waals surface area contributed by atoms with Crippen molar-refractivity contribution in [2.24, 2.45) is 0 Å². The lowest BCUT2D eigenvalue weighted by Crippen LogP contribution is -2.25. The molecule has 0 spiro atoms. The van der Waals surface area contributed by atoms with Crippen LogP contribution in [0.2, 0.25) is 0 Å². The summed E-state index contributed by atoms with van der Waals surface area (Å²) in [5.74, 6) is -0.990. The predicted octanol–water partition coefficient (Wildman–Crippen LogP) is 19.8. The van der Waals surface area contributed by atoms with Gasteiger partial charge in [-0.2, -0.15) is 0 Å². The normalized spacial score (nSPS) is 11.2. The number of hydrogen-bond acceptors (Lipinski definition) is 8. The third-order valence-corrected chi connectivity index (χ3v) is 15.2. The molecule has 4 aromatic carbocycles. The van der Waals surface area contributed by atoms with E-state index in [1.807, 2.05) is 48.5 Å². The number of esters is 2. The van der Waals surface area contributed by atoms with Crippen LogP contribution in [0.4, 0.5) is 11.4 Å². The molecule has 0 fully saturated rings. The summed E-state index contributed by atoms with van der Waals surface area (Å²) in [5.41, 5.74) is 3.88. The fourth-order valence-electron chi connectivity index (χ4n) is 10.2. The summed E-state index contributed by atoms with van der Waals surface area (Å²) in [6.07, 6.45) is 41.0. The first-order chi connectivity index (χ1) is 37.8. The van der Waals surface area contributed by atoms with Crippen LogP contribution in [0.25, 0.3) is 0 Å². The van der Waals surface area contributed by atoms with E-state index in [0.29, 0.717) is 33.8 Å². The molecule has 8 nitrogen and oxygen atoms in total. The van der Waals surface area contributed by atoms with Gasteiger partial charge < -0.3 is 19.3 Å². The second-order valence-electron chi connectivity index (χ2n) is 21.8. The molecule has 0 amide bonds. The van der Waals surface area contributed by atoms with E-state index in [9.17, 15) is 19.2 Å². The summed E-state index contributed by atoms with van der Waals surface area (Å²) in [6, 6.07) is 28.2. The molecule has 0 aliphatic carbocycles. The number of unbranched alkanes of at least 4 members (excludes halogenated alkanes) is 28. The van der Waals surface area contributed by atoms with E-state index >= 15 is 0 Å². The molecule has 0 bridgehead atoms. The summed E-state index contributed by atoms with van der Waals surface area (Å²) >= 11 is 0. The fraction of sp³-hybridized carbons (Fsp3) is 0.594. The molecule has 0 unspecified atom stereocenters. The van der Waals surface area contributed by atoms with Crippen molar-refractivity contribution in [3.05, 3.63) is 119 Å². The zero-order chi connectivity index (χ0) is 55.0. The van der Waals surface area contributed by atoms with Gasteiger partial charge in [-0.15, -0.1) is 0 Å². The van der Waals surface area contributed by atoms with Crippen molar-refractivity contribution >= 4 is 34.9 Å². The summed E-state index contributed by atoms with van der Waals surface area (Å²) in [6.45, 7) is 13.1. The molecule has 0 radical (unpaired) electrons. The van der Waals surface area contributed by atoms with Gasteiger partial charge in [0, 0.05) is 48.7 Å². The summed E-state index contributed by atoms with van der Waals surface area (Å²) in [4.78, 5) is 57.9. The Labute approximate surface area is 467 Å². The lowest BCUT2D eigenvalue weighted by Gasteiger charge is -2.25. The van der Waals surface area contributed by atoms with Crippen molar-refractivity contribution in [1.29, 1.82) is 0 Å². The van der Waals surface area contributed by atoms with Gasteiger partial charge in [-0.3, -0.25) is 9.59 Å². The molecule has 424 valence electrons. The summed E-state index contributed by atoms with van der Waals surface area (Å²) in [7, 11) is 0. The minimum atomic E-state index is -0.467. The van der Waals surface area contributed by atoms with E-state index in [1.54, 1.807) is 48.5 Å². The maximum atomic E-state index is 13.2. The quantitative estimate of drug-likeness (QED) is 0.0142. The van der Waals surface area contributed by atoms with Crippen molar-refractivity contribution in [1.82, 2.24) is 0 Å². The van der Waals surface area contributed by atoms with Crippen molar-refractivity contribution in [2.45, 2.75) is 240 Å². The van der Waals surface area contributed by atoms with Gasteiger partial charge in [0.1, 0.15) is 11.5 Å². The number of anilines is 2. The number of carbonyl (C=O) groups excluding carboxylic acids is 4. The molecule has 0 saturated heterocycles. The minimum absolute atomic E-state index is 0.319. The molecule has 0 aromatic heterocycles. The minimum Gasteiger partial charge on any atom is -0.423 e. The zero-order valence-electron chi connectivity index (χ0n) is 48.7. The number of rotatable bonds is 46. The summed E-state index contributed by atoms with van der Waals surface area (Å²) < 4.78 is 11.4. The van der Waals surface area contributed by atoms with E-state index in [0.717, 1.165) is 37.6 Å². The molecule has 0 heterocycles. The first kappa shape index (κ1) is 64.3. The highest BCUT2D eigenvalue weighted by atomic mass is 16.5. The Morgan fingerprint density at radius 3 is 0.753 bits per heavy atom. The van der Waals surface area contributed by atoms with Crippen LogP contribution in [-0.2, 0) is 0 Å². The lowest BCUT2D eigenvalue weighted by atomic mass is 10.0. The molecule has 0 N–H and O–H groups in total. The topological polar surface area (TPSA) is 93.2 Å². The van der Waals surface area contributed by atoms with Gasteiger partial charge in [-0.1, -0.05) is 207 Å². The molecular formula is C69H102N2O6. The van der Waals surface area contributed by atoms with E-state index in [-0.39, 0.29) is 18.0 Å². The lowest BCUT2D eigenvalue weighted by molar-refractivity contribution is 0.0725. The molecule has 0 aliphatic heterocycles. The monoisotopic (exact) mass is 1050 g/mol. The average molecular weight is 1060 g/mol. The van der Waals surface area contributed by atoms with Gasteiger partial charge in [0.2, 0.25) is 0 Å². The van der Waals surface area contributed by atoms with Gasteiger partial charge in [0.25, 0.3) is 0 Å². The average Bonchev–Trinajstić information content (AvgIpc) is 3.45. The van der Waals surface area contributed by atoms with E-state index in [4.69, 9.17) is 9.47 Å². The second kappa shape index (κ2) is 40.9. The molecule has 0 saturated carbocycles. The van der Waals surface area contributed by atoms with Crippen LogP contribution in [-0.4, -0.2) is 49.7 Å². The Balaban J connectivity index is 1.24. The third kappa shape index (κ3) is 27.3. The molecule has 8 heteroatoms. The highest BCUT2D eigenvalue weighted by molar-refractivity contribution is 6.13. The SMILES string of the molecule is CCCCCCCCCCN(CCCCCCCCCC)c1ccc(C(=O)Oc2ccc(C(=O)CC(=O)c3ccc(OC(=O)c4ccc(N(CCCCCCCCCC)CCCCCCCCCC)cc4)cc3)cc2)cc1. The van der Waals surface area contributed by atoms with Gasteiger partial charge >= 0.3 is 11.9 Å². The molecule has 4 rings (SSSR count). The molecular weight excluding hydrogens is 953 g/mol. The van der Waals surface area contributed by atoms with Crippen LogP contribution in [0.3, 0.4) is 0 Å². The van der Waals surface area contributed by atoms with Gasteiger partial charge in [0.05, 0.1) is 17.5 Å². The Hall–Kier alpha value is -5.24. The maximum Gasteiger partial charge on any atom is 0.343 e. The predicted molar refractivity (Wildman–Crippen MR) is 324 cm³/mol. The van der Waals surface area contributed by atoms with Crippen LogP contribution in [0.1, 0.15) is 281 Å². The number of hydrogen-bond donors (Lipinski definition) is 0. The third-order valence-electron chi connectivity index (χ3n) is 15.2. The van der Waals surface area contributed by atoms with Gasteiger partial charge in [-0.05, 0) is 123 Å². The van der Waals surface area contributed by atoms with Crippen molar-refractivity contribution in [3.63, 3.8) is 0 Å². The Bertz CT molecular complexity index is 1970. The van der Waals surface area contributed by atoms with Crippen LogP contribution in [0.15, 0.2) is 97.1 Å². The van der Waals surface area contributed by atoms with Gasteiger partial charge in [-0.25, -0.2) is 9.59 Å². The fourth-order valence-corrected chi connectivity index (χ4v) is 10.2. The Kier molecular flexibility index (Phi) is 34.1. The first-order valence-corrected chi connectivity index (χ1v) is 31.2. The van der Waals surface area contributed by atoms with E-state index in [2.05, 4.69) is 37.5 Å². The van der Waals surface area contributed by atoms with Gasteiger partial charge in [0.15, 0.2) is 11.6 Å². The number of Topliss-reactive ketones (excluding diaryl/α,β-unsaturated/α-hetero) is 2. The highest BCUT2D eigenvalue weighted by Gasteiger charge is 2.18. The van der Waals surface area contributed by atoms with Crippen LogP contribution >= 0.6 is 0 Å². The summed E-state index contributed by atoms with van der Waals surface area (Å²) in [5, 5.41) is 0. The zero-order valence-corrected chi connectivity index (χ0v) is 48.7. The van der Waals surface area contributed by atoms with Crippen molar-refractivity contribution in [2.75, 3.05) is 36.0 Å². The Morgan fingerprint density at radius 1 is 0.286 bits per heavy atom. The standard InChI is InChI=1S/C69H102N2O6/c1-5-9-13-17-21-25-29-33-53-70(54-34-30-26-22-18-14-10-6-2)62-45-37-60(38-46-62)68(74)76-64-49-41-58(42-50-64)66(72)57-67(73)59-43-51-65(52-44-59)77-69(75)61-39-47-63(48-40-61)71(55-35-31-27-23-19-15-11-7-3)56-36-32-28-24-20-16-12-8-4/h37-52H,5-36,53-57H2,1-4H3. The largest absolute Gasteiger partial charge is 0.423 e. The molecule has 0 aliphatic rings. The number of ketones is 2. The van der Waals surface area contributed by atoms with Crippen LogP contribution in [0, 0.1) is 0 Å². The molecule has 77 heavy (non-hydrogen) atoms. The van der Waals surface area contributed by atoms with Crippen LogP contribution in [0.5, 0.6) is 11.5 Å². The maximum absolute atomic E-state index is 13.2. The van der Waals surface area contributed by atoms with Crippen molar-refractivity contribution < 1.29 is 28.7 Å². The highest BCUT2D eigenvalue weighted by Crippen LogP contribution is 2.24. The molecule has 4 aromatic rings. The van der Waals surface area contributed by atoms with Crippen LogP contribution < -0.4 is 19.3 Å². The van der Waals surface area contributed by atoms with Crippen molar-refractivity contribution in [3.8, 4) is 11.5 Å². The number of benzene rings is 4. The number of ether oxygens (including phenoxy) is 2. The first-order valence-electron chi connectivity index (χ1n) is 31.2. The number of carbonyl (C=O) groups is 4. The Morgan fingerprint density at radius 2 is 0.506 bits per heavy atom.